The summed E-state index contributed by atoms with van der Waals surface area (Å²) in [5, 5.41) is 0.662. The van der Waals surface area contributed by atoms with E-state index in [9.17, 15) is 4.79 Å². The molecule has 0 saturated carbocycles. The first-order chi connectivity index (χ1) is 10.0. The molecule has 1 aliphatic rings. The maximum atomic E-state index is 12.5. The summed E-state index contributed by atoms with van der Waals surface area (Å²) < 4.78 is 0. The SMILES string of the molecule is Cc1ccc2c(c1)SC(C)C(=O)N2Cc1ccc(Cl)cc1. The van der Waals surface area contributed by atoms with Gasteiger partial charge in [0.15, 0.2) is 0 Å². The smallest absolute Gasteiger partial charge is 0.240 e. The van der Waals surface area contributed by atoms with Gasteiger partial charge in [-0.1, -0.05) is 29.8 Å². The number of thioether (sulfide) groups is 1. The fourth-order valence-electron chi connectivity index (χ4n) is 2.45. The number of nitrogens with zero attached hydrogens (tertiary/aromatic N) is 1. The molecule has 0 spiro atoms. The molecule has 2 aromatic carbocycles. The lowest BCUT2D eigenvalue weighted by Crippen LogP contribution is -2.39. The first-order valence-corrected chi connectivity index (χ1v) is 8.13. The Morgan fingerprint density at radius 2 is 1.90 bits per heavy atom. The van der Waals surface area contributed by atoms with Crippen LogP contribution in [0.3, 0.4) is 0 Å². The molecule has 0 bridgehead atoms. The van der Waals surface area contributed by atoms with Crippen molar-refractivity contribution in [3.05, 3.63) is 58.6 Å². The van der Waals surface area contributed by atoms with Crippen molar-refractivity contribution in [1.82, 2.24) is 0 Å². The molecular weight excluding hydrogens is 302 g/mol. The molecule has 0 N–H and O–H groups in total. The summed E-state index contributed by atoms with van der Waals surface area (Å²) in [5.74, 6) is 0.159. The highest BCUT2D eigenvalue weighted by molar-refractivity contribution is 8.01. The predicted molar refractivity (Wildman–Crippen MR) is 89.1 cm³/mol. The Morgan fingerprint density at radius 3 is 2.62 bits per heavy atom. The summed E-state index contributed by atoms with van der Waals surface area (Å²) in [6, 6.07) is 13.9. The van der Waals surface area contributed by atoms with Crippen molar-refractivity contribution in [2.24, 2.45) is 0 Å². The molecule has 4 heteroatoms. The summed E-state index contributed by atoms with van der Waals surface area (Å²) in [5.41, 5.74) is 3.30. The number of carbonyl (C=O) groups excluding carboxylic acids is 1. The van der Waals surface area contributed by atoms with Gasteiger partial charge in [0.2, 0.25) is 5.91 Å². The molecule has 1 atom stereocenters. The molecule has 1 aliphatic heterocycles. The third-order valence-electron chi connectivity index (χ3n) is 3.58. The van der Waals surface area contributed by atoms with Crippen molar-refractivity contribution in [3.8, 4) is 0 Å². The van der Waals surface area contributed by atoms with Crippen LogP contribution in [-0.2, 0) is 11.3 Å². The van der Waals surface area contributed by atoms with E-state index < -0.39 is 0 Å². The van der Waals surface area contributed by atoms with Crippen LogP contribution in [0.2, 0.25) is 5.02 Å². The zero-order valence-electron chi connectivity index (χ0n) is 12.0. The second kappa shape index (κ2) is 5.74. The van der Waals surface area contributed by atoms with Gasteiger partial charge in [-0.3, -0.25) is 4.79 Å². The summed E-state index contributed by atoms with van der Waals surface area (Å²) >= 11 is 7.56. The highest BCUT2D eigenvalue weighted by Crippen LogP contribution is 2.40. The van der Waals surface area contributed by atoms with Gasteiger partial charge in [-0.15, -0.1) is 11.8 Å². The van der Waals surface area contributed by atoms with Crippen molar-refractivity contribution >= 4 is 35.0 Å². The van der Waals surface area contributed by atoms with Crippen LogP contribution in [0.1, 0.15) is 18.1 Å². The molecule has 1 unspecified atom stereocenters. The third-order valence-corrected chi connectivity index (χ3v) is 4.97. The lowest BCUT2D eigenvalue weighted by atomic mass is 10.1. The van der Waals surface area contributed by atoms with E-state index in [4.69, 9.17) is 11.6 Å². The Balaban J connectivity index is 1.96. The molecule has 0 fully saturated rings. The van der Waals surface area contributed by atoms with Crippen LogP contribution in [0.25, 0.3) is 0 Å². The van der Waals surface area contributed by atoms with Crippen LogP contribution < -0.4 is 4.90 Å². The van der Waals surface area contributed by atoms with Crippen LogP contribution in [0.4, 0.5) is 5.69 Å². The number of carbonyl (C=O) groups is 1. The maximum Gasteiger partial charge on any atom is 0.240 e. The van der Waals surface area contributed by atoms with E-state index in [1.807, 2.05) is 42.2 Å². The molecule has 1 amide bonds. The Bertz CT molecular complexity index is 684. The zero-order valence-corrected chi connectivity index (χ0v) is 13.5. The summed E-state index contributed by atoms with van der Waals surface area (Å²) in [7, 11) is 0. The van der Waals surface area contributed by atoms with Crippen molar-refractivity contribution < 1.29 is 4.79 Å². The van der Waals surface area contributed by atoms with Crippen LogP contribution in [-0.4, -0.2) is 11.2 Å². The van der Waals surface area contributed by atoms with Gasteiger partial charge >= 0.3 is 0 Å². The van der Waals surface area contributed by atoms with E-state index in [1.165, 1.54) is 10.5 Å². The van der Waals surface area contributed by atoms with Gasteiger partial charge in [-0.25, -0.2) is 0 Å². The molecule has 0 aliphatic carbocycles. The Hall–Kier alpha value is -1.45. The molecule has 108 valence electrons. The number of anilines is 1. The van der Waals surface area contributed by atoms with Gasteiger partial charge in [-0.2, -0.15) is 0 Å². The largest absolute Gasteiger partial charge is 0.306 e. The Morgan fingerprint density at radius 1 is 1.19 bits per heavy atom. The number of benzene rings is 2. The van der Waals surface area contributed by atoms with Crippen LogP contribution in [0, 0.1) is 6.92 Å². The van der Waals surface area contributed by atoms with Gasteiger partial charge in [-0.05, 0) is 49.2 Å². The minimum absolute atomic E-state index is 0.0494. The second-order valence-corrected chi connectivity index (χ2v) is 7.10. The number of aryl methyl sites for hydroxylation is 1. The molecule has 3 rings (SSSR count). The van der Waals surface area contributed by atoms with Gasteiger partial charge < -0.3 is 4.90 Å². The van der Waals surface area contributed by atoms with E-state index in [0.717, 1.165) is 11.3 Å². The van der Waals surface area contributed by atoms with E-state index in [-0.39, 0.29) is 11.2 Å². The first-order valence-electron chi connectivity index (χ1n) is 6.88. The standard InChI is InChI=1S/C17H16ClNOS/c1-11-3-8-15-16(9-11)21-12(2)17(20)19(15)10-13-4-6-14(18)7-5-13/h3-9,12H,10H2,1-2H3. The molecule has 21 heavy (non-hydrogen) atoms. The summed E-state index contributed by atoms with van der Waals surface area (Å²) in [4.78, 5) is 15.6. The monoisotopic (exact) mass is 317 g/mol. The van der Waals surface area contributed by atoms with Crippen LogP contribution in [0.5, 0.6) is 0 Å². The van der Waals surface area contributed by atoms with Crippen molar-refractivity contribution in [2.45, 2.75) is 30.5 Å². The lowest BCUT2D eigenvalue weighted by Gasteiger charge is -2.32. The minimum Gasteiger partial charge on any atom is -0.306 e. The van der Waals surface area contributed by atoms with Gasteiger partial charge in [0.1, 0.15) is 0 Å². The highest BCUT2D eigenvalue weighted by Gasteiger charge is 2.30. The third kappa shape index (κ3) is 2.94. The van der Waals surface area contributed by atoms with Crippen LogP contribution in [0.15, 0.2) is 47.4 Å². The fraction of sp³-hybridized carbons (Fsp3) is 0.235. The molecule has 1 heterocycles. The van der Waals surface area contributed by atoms with E-state index in [2.05, 4.69) is 19.1 Å². The van der Waals surface area contributed by atoms with Crippen molar-refractivity contribution in [3.63, 3.8) is 0 Å². The van der Waals surface area contributed by atoms with Crippen molar-refractivity contribution in [1.29, 1.82) is 0 Å². The number of hydrogen-bond donors (Lipinski definition) is 0. The van der Waals surface area contributed by atoms with Gasteiger partial charge in [0.25, 0.3) is 0 Å². The van der Waals surface area contributed by atoms with Gasteiger partial charge in [0, 0.05) is 9.92 Å². The zero-order chi connectivity index (χ0) is 15.0. The number of hydrogen-bond acceptors (Lipinski definition) is 2. The molecule has 2 aromatic rings. The molecule has 2 nitrogen and oxygen atoms in total. The topological polar surface area (TPSA) is 20.3 Å². The molecular formula is C17H16ClNOS. The Labute approximate surface area is 134 Å². The average molecular weight is 318 g/mol. The Kier molecular flexibility index (Phi) is 3.96. The molecule has 0 saturated heterocycles. The van der Waals surface area contributed by atoms with E-state index in [0.29, 0.717) is 11.6 Å². The van der Waals surface area contributed by atoms with Gasteiger partial charge in [0.05, 0.1) is 17.5 Å². The fourth-order valence-corrected chi connectivity index (χ4v) is 3.74. The van der Waals surface area contributed by atoms with Crippen LogP contribution >= 0.6 is 23.4 Å². The van der Waals surface area contributed by atoms with Crippen molar-refractivity contribution in [2.75, 3.05) is 4.90 Å². The summed E-state index contributed by atoms with van der Waals surface area (Å²) in [6.07, 6.45) is 0. The molecule has 0 aromatic heterocycles. The first kappa shape index (κ1) is 14.5. The predicted octanol–water partition coefficient (Wildman–Crippen LogP) is 4.68. The highest BCUT2D eigenvalue weighted by atomic mass is 35.5. The maximum absolute atomic E-state index is 12.5. The quantitative estimate of drug-likeness (QED) is 0.802. The van der Waals surface area contributed by atoms with E-state index >= 15 is 0 Å². The number of halogens is 1. The second-order valence-electron chi connectivity index (χ2n) is 5.28. The average Bonchev–Trinajstić information content (AvgIpc) is 2.46. The minimum atomic E-state index is -0.0494. The normalized spacial score (nSPS) is 17.8. The number of rotatable bonds is 2. The number of amides is 1. The van der Waals surface area contributed by atoms with E-state index in [1.54, 1.807) is 11.8 Å². The lowest BCUT2D eigenvalue weighted by molar-refractivity contribution is -0.118. The molecule has 0 radical (unpaired) electrons. The number of fused-ring (bicyclic) bond motifs is 1. The summed E-state index contributed by atoms with van der Waals surface area (Å²) in [6.45, 7) is 4.62.